The largest absolute Gasteiger partial charge is 0.293 e. The molecule has 0 aliphatic heterocycles. The third-order valence-corrected chi connectivity index (χ3v) is 4.46. The molecule has 0 heterocycles. The molecule has 0 fully saturated rings. The molecule has 0 aliphatic rings. The van der Waals surface area contributed by atoms with Crippen LogP contribution < -0.4 is 0 Å². The highest BCUT2D eigenvalue weighted by molar-refractivity contribution is 7.86. The van der Waals surface area contributed by atoms with Crippen LogP contribution in [0.15, 0.2) is 53.4 Å². The normalized spacial score (nSPS) is 13.8. The van der Waals surface area contributed by atoms with Gasteiger partial charge < -0.3 is 0 Å². The summed E-state index contributed by atoms with van der Waals surface area (Å²) in [7, 11) is -1.95. The first kappa shape index (κ1) is 14.5. The van der Waals surface area contributed by atoms with E-state index >= 15 is 0 Å². The minimum Gasteiger partial charge on any atom is -0.293 e. The molecule has 104 valence electrons. The fourth-order valence-corrected chi connectivity index (χ4v) is 2.96. The fourth-order valence-electron chi connectivity index (χ4n) is 1.76. The van der Waals surface area contributed by atoms with Gasteiger partial charge in [0.1, 0.15) is 11.6 Å². The van der Waals surface area contributed by atoms with E-state index in [9.17, 15) is 17.8 Å². The van der Waals surface area contributed by atoms with E-state index in [2.05, 4.69) is 0 Å². The lowest BCUT2D eigenvalue weighted by Crippen LogP contribution is -2.23. The first-order valence-corrected chi connectivity index (χ1v) is 7.17. The van der Waals surface area contributed by atoms with Crippen LogP contribution in [-0.4, -0.2) is 15.2 Å². The molecule has 0 radical (unpaired) electrons. The van der Waals surface area contributed by atoms with Gasteiger partial charge in [-0.25, -0.2) is 8.78 Å². The number of rotatable bonds is 4. The van der Waals surface area contributed by atoms with E-state index in [0.29, 0.717) is 5.56 Å². The van der Waals surface area contributed by atoms with Crippen LogP contribution in [0.2, 0.25) is 0 Å². The van der Waals surface area contributed by atoms with Gasteiger partial charge >= 0.3 is 0 Å². The fraction of sp³-hybridized carbons (Fsp3) is 0.133. The van der Waals surface area contributed by atoms with Gasteiger partial charge in [0.25, 0.3) is 0 Å². The molecule has 5 heteroatoms. The molecular weight excluding hydrogens is 282 g/mol. The van der Waals surface area contributed by atoms with Crippen LogP contribution in [0.4, 0.5) is 8.78 Å². The van der Waals surface area contributed by atoms with Gasteiger partial charge in [-0.15, -0.1) is 0 Å². The topological polar surface area (TPSA) is 34.1 Å². The second-order valence-corrected chi connectivity index (χ2v) is 5.99. The Bertz CT molecular complexity index is 656. The molecule has 0 aromatic heterocycles. The zero-order chi connectivity index (χ0) is 14.7. The Labute approximate surface area is 117 Å². The van der Waals surface area contributed by atoms with Crippen molar-refractivity contribution in [3.8, 4) is 0 Å². The number of halogens is 2. The van der Waals surface area contributed by atoms with Crippen molar-refractivity contribution in [1.29, 1.82) is 0 Å². The standard InChI is InChI=1S/C15H12F2O2S/c1-10(15(18)11-5-3-2-4-6-11)20(19)14-9-12(16)7-8-13(14)17/h2-10H,1H3. The maximum absolute atomic E-state index is 13.6. The number of benzene rings is 2. The minimum atomic E-state index is -1.95. The van der Waals surface area contributed by atoms with Crippen molar-refractivity contribution in [2.75, 3.05) is 0 Å². The third kappa shape index (κ3) is 2.99. The summed E-state index contributed by atoms with van der Waals surface area (Å²) in [4.78, 5) is 11.9. The Morgan fingerprint density at radius 3 is 2.40 bits per heavy atom. The van der Waals surface area contributed by atoms with Crippen molar-refractivity contribution in [2.45, 2.75) is 17.1 Å². The van der Waals surface area contributed by atoms with Crippen molar-refractivity contribution in [3.05, 3.63) is 65.7 Å². The van der Waals surface area contributed by atoms with Crippen LogP contribution in [0.3, 0.4) is 0 Å². The molecule has 2 atom stereocenters. The van der Waals surface area contributed by atoms with Gasteiger partial charge in [0.05, 0.1) is 20.9 Å². The molecule has 0 spiro atoms. The number of ketones is 1. The highest BCUT2D eigenvalue weighted by atomic mass is 32.2. The minimum absolute atomic E-state index is 0.290. The van der Waals surface area contributed by atoms with Crippen molar-refractivity contribution >= 4 is 16.6 Å². The van der Waals surface area contributed by atoms with Gasteiger partial charge in [-0.1, -0.05) is 30.3 Å². The van der Waals surface area contributed by atoms with Crippen LogP contribution in [-0.2, 0) is 10.8 Å². The van der Waals surface area contributed by atoms with Gasteiger partial charge in [0, 0.05) is 5.56 Å². The summed E-state index contributed by atoms with van der Waals surface area (Å²) in [5.41, 5.74) is 0.394. The lowest BCUT2D eigenvalue weighted by atomic mass is 10.1. The molecule has 20 heavy (non-hydrogen) atoms. The summed E-state index contributed by atoms with van der Waals surface area (Å²) in [6, 6.07) is 11.0. The number of Topliss-reactive ketones (excluding diaryl/α,β-unsaturated/α-hetero) is 1. The van der Waals surface area contributed by atoms with Gasteiger partial charge in [0.2, 0.25) is 0 Å². The van der Waals surface area contributed by atoms with Gasteiger partial charge in [0.15, 0.2) is 5.78 Å². The molecule has 0 saturated carbocycles. The summed E-state index contributed by atoms with van der Waals surface area (Å²) in [6.07, 6.45) is 0. The predicted molar refractivity (Wildman–Crippen MR) is 73.0 cm³/mol. The van der Waals surface area contributed by atoms with Crippen molar-refractivity contribution in [1.82, 2.24) is 0 Å². The molecule has 0 bridgehead atoms. The van der Waals surface area contributed by atoms with Crippen molar-refractivity contribution in [3.63, 3.8) is 0 Å². The second kappa shape index (κ2) is 6.05. The van der Waals surface area contributed by atoms with E-state index in [1.54, 1.807) is 30.3 Å². The maximum atomic E-state index is 13.6. The number of carbonyl (C=O) groups is 1. The molecule has 0 aliphatic carbocycles. The van der Waals surface area contributed by atoms with Crippen LogP contribution in [0, 0.1) is 11.6 Å². The van der Waals surface area contributed by atoms with Gasteiger partial charge in [-0.3, -0.25) is 9.00 Å². The summed E-state index contributed by atoms with van der Waals surface area (Å²) in [5.74, 6) is -1.83. The van der Waals surface area contributed by atoms with Gasteiger partial charge in [-0.05, 0) is 25.1 Å². The highest BCUT2D eigenvalue weighted by Gasteiger charge is 2.25. The summed E-state index contributed by atoms with van der Waals surface area (Å²) in [5, 5.41) is -0.950. The molecular formula is C15H12F2O2S. The molecule has 2 unspecified atom stereocenters. The van der Waals surface area contributed by atoms with E-state index in [4.69, 9.17) is 0 Å². The third-order valence-electron chi connectivity index (χ3n) is 2.86. The van der Waals surface area contributed by atoms with Crippen LogP contribution >= 0.6 is 0 Å². The Hall–Kier alpha value is -1.88. The molecule has 2 nitrogen and oxygen atoms in total. The summed E-state index contributed by atoms with van der Waals surface area (Å²) >= 11 is 0. The smallest absolute Gasteiger partial charge is 0.178 e. The number of hydrogen-bond donors (Lipinski definition) is 0. The Morgan fingerprint density at radius 1 is 1.10 bits per heavy atom. The lowest BCUT2D eigenvalue weighted by Gasteiger charge is -2.11. The van der Waals surface area contributed by atoms with E-state index in [1.165, 1.54) is 6.92 Å². The van der Waals surface area contributed by atoms with Crippen molar-refractivity contribution < 1.29 is 17.8 Å². The first-order chi connectivity index (χ1) is 9.50. The van der Waals surface area contributed by atoms with Crippen LogP contribution in [0.25, 0.3) is 0 Å². The Balaban J connectivity index is 2.29. The molecule has 0 amide bonds. The van der Waals surface area contributed by atoms with Crippen LogP contribution in [0.5, 0.6) is 0 Å². The summed E-state index contributed by atoms with van der Waals surface area (Å²) < 4.78 is 38.9. The maximum Gasteiger partial charge on any atom is 0.178 e. The molecule has 2 aromatic rings. The number of hydrogen-bond acceptors (Lipinski definition) is 2. The molecule has 2 aromatic carbocycles. The second-order valence-electron chi connectivity index (χ2n) is 4.24. The number of carbonyl (C=O) groups excluding carboxylic acids is 1. The molecule has 0 saturated heterocycles. The van der Waals surface area contributed by atoms with Gasteiger partial charge in [-0.2, -0.15) is 0 Å². The molecule has 2 rings (SSSR count). The first-order valence-electron chi connectivity index (χ1n) is 5.95. The van der Waals surface area contributed by atoms with E-state index in [-0.39, 0.29) is 10.7 Å². The zero-order valence-corrected chi connectivity index (χ0v) is 11.5. The quantitative estimate of drug-likeness (QED) is 0.810. The average molecular weight is 294 g/mol. The molecule has 0 N–H and O–H groups in total. The van der Waals surface area contributed by atoms with E-state index in [0.717, 1.165) is 18.2 Å². The monoisotopic (exact) mass is 294 g/mol. The van der Waals surface area contributed by atoms with Crippen LogP contribution in [0.1, 0.15) is 17.3 Å². The Kier molecular flexibility index (Phi) is 4.39. The SMILES string of the molecule is CC(C(=O)c1ccccc1)S(=O)c1cc(F)ccc1F. The zero-order valence-electron chi connectivity index (χ0n) is 10.7. The van der Waals surface area contributed by atoms with E-state index < -0.39 is 27.7 Å². The highest BCUT2D eigenvalue weighted by Crippen LogP contribution is 2.19. The predicted octanol–water partition coefficient (Wildman–Crippen LogP) is 3.34. The van der Waals surface area contributed by atoms with E-state index in [1.807, 2.05) is 0 Å². The average Bonchev–Trinajstić information content (AvgIpc) is 2.48. The van der Waals surface area contributed by atoms with Crippen molar-refractivity contribution in [2.24, 2.45) is 0 Å². The lowest BCUT2D eigenvalue weighted by molar-refractivity contribution is 0.0992. The summed E-state index contributed by atoms with van der Waals surface area (Å²) in [6.45, 7) is 1.44. The Morgan fingerprint density at radius 2 is 1.75 bits per heavy atom.